The topological polar surface area (TPSA) is 42.7 Å². The van der Waals surface area contributed by atoms with E-state index < -0.39 is 0 Å². The first-order valence-corrected chi connectivity index (χ1v) is 6.29. The maximum absolute atomic E-state index is 4.28. The predicted octanol–water partition coefficient (Wildman–Crippen LogP) is 1.92. The standard InChI is InChI=1S/C12H22N4/c1-9(2)12-11(8-13-3)14-15-16(12)7-6-10-4-5-10/h9-10,13H,4-8H2,1-3H3. The highest BCUT2D eigenvalue weighted by molar-refractivity contribution is 5.14. The maximum Gasteiger partial charge on any atom is 0.0999 e. The van der Waals surface area contributed by atoms with Gasteiger partial charge in [0, 0.05) is 13.1 Å². The van der Waals surface area contributed by atoms with Gasteiger partial charge in [0.2, 0.25) is 0 Å². The van der Waals surface area contributed by atoms with Crippen LogP contribution in [0.2, 0.25) is 0 Å². The fraction of sp³-hybridized carbons (Fsp3) is 0.833. The van der Waals surface area contributed by atoms with Crippen molar-refractivity contribution in [2.45, 2.75) is 52.1 Å². The van der Waals surface area contributed by atoms with E-state index in [1.165, 1.54) is 25.0 Å². The molecule has 0 aromatic carbocycles. The highest BCUT2D eigenvalue weighted by Gasteiger charge is 2.22. The Morgan fingerprint density at radius 3 is 2.75 bits per heavy atom. The van der Waals surface area contributed by atoms with Crippen molar-refractivity contribution >= 4 is 0 Å². The van der Waals surface area contributed by atoms with Gasteiger partial charge < -0.3 is 5.32 Å². The van der Waals surface area contributed by atoms with Crippen LogP contribution in [0, 0.1) is 5.92 Å². The third-order valence-corrected chi connectivity index (χ3v) is 3.18. The largest absolute Gasteiger partial charge is 0.314 e. The van der Waals surface area contributed by atoms with Crippen LogP contribution in [0.4, 0.5) is 0 Å². The first kappa shape index (κ1) is 11.6. The molecule has 1 saturated carbocycles. The molecular formula is C12H22N4. The van der Waals surface area contributed by atoms with Gasteiger partial charge in [-0.05, 0) is 25.3 Å². The van der Waals surface area contributed by atoms with Gasteiger partial charge in [-0.2, -0.15) is 0 Å². The zero-order valence-electron chi connectivity index (χ0n) is 10.5. The van der Waals surface area contributed by atoms with E-state index in [-0.39, 0.29) is 0 Å². The van der Waals surface area contributed by atoms with Gasteiger partial charge in [0.1, 0.15) is 0 Å². The quantitative estimate of drug-likeness (QED) is 0.799. The minimum absolute atomic E-state index is 0.498. The number of nitrogens with one attached hydrogen (secondary N) is 1. The molecule has 1 fully saturated rings. The molecule has 1 N–H and O–H groups in total. The molecular weight excluding hydrogens is 200 g/mol. The van der Waals surface area contributed by atoms with Gasteiger partial charge in [-0.1, -0.05) is 31.9 Å². The lowest BCUT2D eigenvalue weighted by atomic mass is 10.1. The molecule has 4 nitrogen and oxygen atoms in total. The summed E-state index contributed by atoms with van der Waals surface area (Å²) in [7, 11) is 1.95. The summed E-state index contributed by atoms with van der Waals surface area (Å²) in [4.78, 5) is 0. The fourth-order valence-corrected chi connectivity index (χ4v) is 2.16. The number of hydrogen-bond donors (Lipinski definition) is 1. The van der Waals surface area contributed by atoms with Crippen LogP contribution in [-0.2, 0) is 13.1 Å². The van der Waals surface area contributed by atoms with E-state index in [0.717, 1.165) is 24.7 Å². The van der Waals surface area contributed by atoms with E-state index in [9.17, 15) is 0 Å². The van der Waals surface area contributed by atoms with Crippen LogP contribution in [0.3, 0.4) is 0 Å². The van der Waals surface area contributed by atoms with Crippen molar-refractivity contribution in [3.8, 4) is 0 Å². The maximum atomic E-state index is 4.28. The average molecular weight is 222 g/mol. The Kier molecular flexibility index (Phi) is 3.59. The Hall–Kier alpha value is -0.900. The van der Waals surface area contributed by atoms with E-state index in [1.54, 1.807) is 0 Å². The Bertz CT molecular complexity index is 339. The molecule has 4 heteroatoms. The van der Waals surface area contributed by atoms with Crippen LogP contribution in [-0.4, -0.2) is 22.0 Å². The second-order valence-electron chi connectivity index (χ2n) is 5.06. The Balaban J connectivity index is 2.08. The van der Waals surface area contributed by atoms with Gasteiger partial charge in [0.25, 0.3) is 0 Å². The second kappa shape index (κ2) is 4.95. The normalized spacial score (nSPS) is 16.0. The summed E-state index contributed by atoms with van der Waals surface area (Å²) in [5, 5.41) is 11.7. The molecule has 1 aromatic heterocycles. The van der Waals surface area contributed by atoms with Crippen molar-refractivity contribution in [2.75, 3.05) is 7.05 Å². The monoisotopic (exact) mass is 222 g/mol. The molecule has 2 rings (SSSR count). The lowest BCUT2D eigenvalue weighted by molar-refractivity contribution is 0.504. The highest BCUT2D eigenvalue weighted by atomic mass is 15.4. The SMILES string of the molecule is CNCc1nnn(CCC2CC2)c1C(C)C. The molecule has 1 aliphatic carbocycles. The summed E-state index contributed by atoms with van der Waals surface area (Å²) in [5.74, 6) is 1.45. The highest BCUT2D eigenvalue weighted by Crippen LogP contribution is 2.33. The van der Waals surface area contributed by atoms with Gasteiger partial charge in [-0.3, -0.25) is 0 Å². The second-order valence-corrected chi connectivity index (χ2v) is 5.06. The van der Waals surface area contributed by atoms with Crippen molar-refractivity contribution in [3.05, 3.63) is 11.4 Å². The molecule has 1 aliphatic rings. The van der Waals surface area contributed by atoms with Crippen molar-refractivity contribution in [2.24, 2.45) is 5.92 Å². The smallest absolute Gasteiger partial charge is 0.0999 e. The molecule has 0 spiro atoms. The summed E-state index contributed by atoms with van der Waals surface area (Å²) in [6.07, 6.45) is 4.09. The summed E-state index contributed by atoms with van der Waals surface area (Å²) < 4.78 is 2.11. The van der Waals surface area contributed by atoms with Gasteiger partial charge >= 0.3 is 0 Å². The summed E-state index contributed by atoms with van der Waals surface area (Å²) in [5.41, 5.74) is 2.41. The van der Waals surface area contributed by atoms with Crippen molar-refractivity contribution in [3.63, 3.8) is 0 Å². The zero-order chi connectivity index (χ0) is 11.5. The summed E-state index contributed by atoms with van der Waals surface area (Å²) in [6.45, 7) is 6.28. The van der Waals surface area contributed by atoms with Gasteiger partial charge in [-0.15, -0.1) is 5.10 Å². The minimum Gasteiger partial charge on any atom is -0.314 e. The fourth-order valence-electron chi connectivity index (χ4n) is 2.16. The lowest BCUT2D eigenvalue weighted by Crippen LogP contribution is -2.12. The number of hydrogen-bond acceptors (Lipinski definition) is 3. The van der Waals surface area contributed by atoms with E-state index in [4.69, 9.17) is 0 Å². The Labute approximate surface area is 97.4 Å². The van der Waals surface area contributed by atoms with E-state index in [1.807, 2.05) is 7.05 Å². The molecule has 16 heavy (non-hydrogen) atoms. The molecule has 1 heterocycles. The lowest BCUT2D eigenvalue weighted by Gasteiger charge is -2.10. The Morgan fingerprint density at radius 2 is 2.19 bits per heavy atom. The van der Waals surface area contributed by atoms with E-state index in [0.29, 0.717) is 5.92 Å². The summed E-state index contributed by atoms with van der Waals surface area (Å²) >= 11 is 0. The Morgan fingerprint density at radius 1 is 1.44 bits per heavy atom. The predicted molar refractivity (Wildman–Crippen MR) is 64.2 cm³/mol. The first-order valence-electron chi connectivity index (χ1n) is 6.29. The number of aromatic nitrogens is 3. The van der Waals surface area contributed by atoms with Crippen LogP contribution in [0.15, 0.2) is 0 Å². The van der Waals surface area contributed by atoms with Crippen molar-refractivity contribution in [1.82, 2.24) is 20.3 Å². The summed E-state index contributed by atoms with van der Waals surface area (Å²) in [6, 6.07) is 0. The molecule has 0 saturated heterocycles. The number of nitrogens with zero attached hydrogens (tertiary/aromatic N) is 3. The van der Waals surface area contributed by atoms with Crippen LogP contribution in [0.5, 0.6) is 0 Å². The first-order chi connectivity index (χ1) is 7.72. The van der Waals surface area contributed by atoms with Crippen LogP contribution in [0.1, 0.15) is 50.4 Å². The number of rotatable bonds is 6. The van der Waals surface area contributed by atoms with Crippen LogP contribution in [0.25, 0.3) is 0 Å². The van der Waals surface area contributed by atoms with Gasteiger partial charge in [0.05, 0.1) is 11.4 Å². The molecule has 0 aliphatic heterocycles. The average Bonchev–Trinajstić information content (AvgIpc) is 2.98. The van der Waals surface area contributed by atoms with Crippen molar-refractivity contribution < 1.29 is 0 Å². The third-order valence-electron chi connectivity index (χ3n) is 3.18. The molecule has 0 unspecified atom stereocenters. The molecule has 1 aromatic rings. The number of aryl methyl sites for hydroxylation is 1. The third kappa shape index (κ3) is 2.61. The minimum atomic E-state index is 0.498. The molecule has 90 valence electrons. The zero-order valence-corrected chi connectivity index (χ0v) is 10.5. The van der Waals surface area contributed by atoms with Crippen LogP contribution >= 0.6 is 0 Å². The van der Waals surface area contributed by atoms with Gasteiger partial charge in [0.15, 0.2) is 0 Å². The van der Waals surface area contributed by atoms with E-state index >= 15 is 0 Å². The van der Waals surface area contributed by atoms with Crippen LogP contribution < -0.4 is 5.32 Å². The molecule has 0 atom stereocenters. The molecule has 0 amide bonds. The van der Waals surface area contributed by atoms with E-state index in [2.05, 4.69) is 34.2 Å². The molecule has 0 radical (unpaired) electrons. The van der Waals surface area contributed by atoms with Crippen molar-refractivity contribution in [1.29, 1.82) is 0 Å². The molecule has 0 bridgehead atoms. The van der Waals surface area contributed by atoms with Gasteiger partial charge in [-0.25, -0.2) is 4.68 Å².